The maximum absolute atomic E-state index is 12.2. The lowest BCUT2D eigenvalue weighted by Crippen LogP contribution is -2.39. The van der Waals surface area contributed by atoms with Crippen LogP contribution in [0, 0.1) is 0 Å². The van der Waals surface area contributed by atoms with E-state index in [1.807, 2.05) is 25.1 Å². The molecular weight excluding hydrogens is 314 g/mol. The van der Waals surface area contributed by atoms with Crippen LogP contribution in [0.4, 0.5) is 16.2 Å². The molecule has 0 aliphatic heterocycles. The average molecular weight is 339 g/mol. The lowest BCUT2D eigenvalue weighted by molar-refractivity contribution is -0.116. The van der Waals surface area contributed by atoms with Crippen LogP contribution in [0.5, 0.6) is 0 Å². The molecule has 0 aliphatic carbocycles. The number of benzene rings is 2. The van der Waals surface area contributed by atoms with Crippen LogP contribution in [0.15, 0.2) is 54.6 Å². The molecule has 0 heterocycles. The minimum atomic E-state index is -0.247. The number of anilines is 2. The number of amides is 3. The van der Waals surface area contributed by atoms with Crippen molar-refractivity contribution in [3.05, 3.63) is 60.2 Å². The van der Waals surface area contributed by atoms with E-state index < -0.39 is 0 Å². The SMILES string of the molecule is CC(=O)N(C)c1ccc(NC(=O)N[C@@H](C)[C@H](C)c2ccccc2)cc1. The molecular formula is C20H25N3O2. The van der Waals surface area contributed by atoms with Crippen molar-refractivity contribution in [1.29, 1.82) is 0 Å². The number of nitrogens with zero attached hydrogens (tertiary/aromatic N) is 1. The van der Waals surface area contributed by atoms with E-state index in [1.165, 1.54) is 12.5 Å². The van der Waals surface area contributed by atoms with E-state index in [-0.39, 0.29) is 23.9 Å². The van der Waals surface area contributed by atoms with Gasteiger partial charge in [0.15, 0.2) is 0 Å². The van der Waals surface area contributed by atoms with E-state index in [4.69, 9.17) is 0 Å². The van der Waals surface area contributed by atoms with Gasteiger partial charge in [-0.2, -0.15) is 0 Å². The summed E-state index contributed by atoms with van der Waals surface area (Å²) in [5.74, 6) is 0.167. The molecule has 0 saturated heterocycles. The van der Waals surface area contributed by atoms with Gasteiger partial charge in [-0.15, -0.1) is 0 Å². The summed E-state index contributed by atoms with van der Waals surface area (Å²) in [5.41, 5.74) is 2.65. The Labute approximate surface area is 149 Å². The van der Waals surface area contributed by atoms with Gasteiger partial charge in [0.25, 0.3) is 0 Å². The van der Waals surface area contributed by atoms with Crippen LogP contribution in [-0.2, 0) is 4.79 Å². The summed E-state index contributed by atoms with van der Waals surface area (Å²) in [4.78, 5) is 25.1. The van der Waals surface area contributed by atoms with Crippen molar-refractivity contribution in [3.8, 4) is 0 Å². The maximum atomic E-state index is 12.2. The first kappa shape index (κ1) is 18.5. The zero-order valence-corrected chi connectivity index (χ0v) is 15.1. The molecule has 5 heteroatoms. The third-order valence-electron chi connectivity index (χ3n) is 4.42. The van der Waals surface area contributed by atoms with Crippen molar-refractivity contribution >= 4 is 23.3 Å². The highest BCUT2D eigenvalue weighted by molar-refractivity contribution is 5.92. The number of rotatable bonds is 5. The summed E-state index contributed by atoms with van der Waals surface area (Å²) >= 11 is 0. The highest BCUT2D eigenvalue weighted by atomic mass is 16.2. The van der Waals surface area contributed by atoms with Crippen LogP contribution in [0.25, 0.3) is 0 Å². The van der Waals surface area contributed by atoms with Crippen LogP contribution < -0.4 is 15.5 Å². The van der Waals surface area contributed by atoms with E-state index >= 15 is 0 Å². The van der Waals surface area contributed by atoms with E-state index in [0.29, 0.717) is 5.69 Å². The fourth-order valence-corrected chi connectivity index (χ4v) is 2.49. The topological polar surface area (TPSA) is 61.4 Å². The molecule has 0 saturated carbocycles. The predicted octanol–water partition coefficient (Wildman–Crippen LogP) is 3.98. The van der Waals surface area contributed by atoms with Gasteiger partial charge in [-0.1, -0.05) is 37.3 Å². The van der Waals surface area contributed by atoms with Gasteiger partial charge < -0.3 is 15.5 Å². The number of carbonyl (C=O) groups excluding carboxylic acids is 2. The first-order valence-electron chi connectivity index (χ1n) is 8.35. The normalized spacial score (nSPS) is 12.8. The minimum absolute atomic E-state index is 0.00878. The fraction of sp³-hybridized carbons (Fsp3) is 0.300. The molecule has 2 N–H and O–H groups in total. The average Bonchev–Trinajstić information content (AvgIpc) is 2.61. The lowest BCUT2D eigenvalue weighted by Gasteiger charge is -2.22. The van der Waals surface area contributed by atoms with Crippen LogP contribution in [-0.4, -0.2) is 25.0 Å². The number of hydrogen-bond acceptors (Lipinski definition) is 2. The van der Waals surface area contributed by atoms with E-state index in [9.17, 15) is 9.59 Å². The van der Waals surface area contributed by atoms with Crippen molar-refractivity contribution < 1.29 is 9.59 Å². The molecule has 0 fully saturated rings. The van der Waals surface area contributed by atoms with Crippen molar-refractivity contribution in [1.82, 2.24) is 5.32 Å². The third-order valence-corrected chi connectivity index (χ3v) is 4.42. The zero-order valence-electron chi connectivity index (χ0n) is 15.1. The first-order valence-corrected chi connectivity index (χ1v) is 8.35. The Morgan fingerprint density at radius 2 is 1.56 bits per heavy atom. The predicted molar refractivity (Wildman–Crippen MR) is 102 cm³/mol. The van der Waals surface area contributed by atoms with Crippen LogP contribution in [0.1, 0.15) is 32.3 Å². The molecule has 2 rings (SSSR count). The first-order chi connectivity index (χ1) is 11.9. The van der Waals surface area contributed by atoms with Crippen molar-refractivity contribution in [2.45, 2.75) is 32.7 Å². The van der Waals surface area contributed by atoms with Gasteiger partial charge in [0.1, 0.15) is 0 Å². The smallest absolute Gasteiger partial charge is 0.319 e. The summed E-state index contributed by atoms with van der Waals surface area (Å²) in [7, 11) is 1.71. The Morgan fingerprint density at radius 3 is 2.12 bits per heavy atom. The fourth-order valence-electron chi connectivity index (χ4n) is 2.49. The Hall–Kier alpha value is -2.82. The molecule has 0 aliphatic rings. The summed E-state index contributed by atoms with van der Waals surface area (Å²) in [6.45, 7) is 5.59. The van der Waals surface area contributed by atoms with Crippen molar-refractivity contribution in [2.24, 2.45) is 0 Å². The van der Waals surface area contributed by atoms with E-state index in [2.05, 4.69) is 29.7 Å². The zero-order chi connectivity index (χ0) is 18.4. The molecule has 25 heavy (non-hydrogen) atoms. The number of urea groups is 1. The van der Waals surface area contributed by atoms with Crippen LogP contribution >= 0.6 is 0 Å². The molecule has 0 bridgehead atoms. The quantitative estimate of drug-likeness (QED) is 0.865. The Kier molecular flexibility index (Phi) is 6.17. The molecule has 2 aromatic rings. The third kappa shape index (κ3) is 5.08. The standard InChI is InChI=1S/C20H25N3O2/c1-14(17-8-6-5-7-9-17)15(2)21-20(25)22-18-10-12-19(13-11-18)23(4)16(3)24/h5-15H,1-4H3,(H2,21,22,25)/t14-,15-/m0/s1. The van der Waals surface area contributed by atoms with E-state index in [0.717, 1.165) is 5.69 Å². The summed E-state index contributed by atoms with van der Waals surface area (Å²) < 4.78 is 0. The van der Waals surface area contributed by atoms with Gasteiger partial charge >= 0.3 is 6.03 Å². The molecule has 0 aromatic heterocycles. The maximum Gasteiger partial charge on any atom is 0.319 e. The molecule has 0 unspecified atom stereocenters. The van der Waals surface area contributed by atoms with Crippen molar-refractivity contribution in [2.75, 3.05) is 17.3 Å². The molecule has 2 aromatic carbocycles. The second-order valence-corrected chi connectivity index (χ2v) is 6.21. The molecule has 132 valence electrons. The highest BCUT2D eigenvalue weighted by Gasteiger charge is 2.16. The summed E-state index contributed by atoms with van der Waals surface area (Å²) in [5, 5.41) is 5.79. The minimum Gasteiger partial charge on any atom is -0.335 e. The molecule has 0 radical (unpaired) electrons. The Morgan fingerprint density at radius 1 is 0.960 bits per heavy atom. The number of hydrogen-bond donors (Lipinski definition) is 2. The molecule has 3 amide bonds. The van der Waals surface area contributed by atoms with Crippen molar-refractivity contribution in [3.63, 3.8) is 0 Å². The van der Waals surface area contributed by atoms with Gasteiger partial charge in [0.2, 0.25) is 5.91 Å². The van der Waals surface area contributed by atoms with Gasteiger partial charge in [0.05, 0.1) is 0 Å². The second-order valence-electron chi connectivity index (χ2n) is 6.21. The van der Waals surface area contributed by atoms with Crippen LogP contribution in [0.2, 0.25) is 0 Å². The Balaban J connectivity index is 1.92. The van der Waals surface area contributed by atoms with Gasteiger partial charge in [-0.3, -0.25) is 4.79 Å². The van der Waals surface area contributed by atoms with Gasteiger partial charge in [0, 0.05) is 37.3 Å². The number of nitrogens with one attached hydrogen (secondary N) is 2. The van der Waals surface area contributed by atoms with Crippen LogP contribution in [0.3, 0.4) is 0 Å². The summed E-state index contributed by atoms with van der Waals surface area (Å²) in [6, 6.07) is 17.0. The monoisotopic (exact) mass is 339 g/mol. The van der Waals surface area contributed by atoms with E-state index in [1.54, 1.807) is 36.2 Å². The van der Waals surface area contributed by atoms with Gasteiger partial charge in [-0.05, 0) is 36.8 Å². The second kappa shape index (κ2) is 8.33. The Bertz CT molecular complexity index is 713. The lowest BCUT2D eigenvalue weighted by atomic mass is 9.95. The largest absolute Gasteiger partial charge is 0.335 e. The molecule has 5 nitrogen and oxygen atoms in total. The van der Waals surface area contributed by atoms with Gasteiger partial charge in [-0.25, -0.2) is 4.79 Å². The highest BCUT2D eigenvalue weighted by Crippen LogP contribution is 2.19. The molecule has 0 spiro atoms. The molecule has 2 atom stereocenters. The summed E-state index contributed by atoms with van der Waals surface area (Å²) in [6.07, 6.45) is 0. The number of carbonyl (C=O) groups is 2.